The number of ether oxygens (including phenoxy) is 1. The molecule has 0 aliphatic carbocycles. The van der Waals surface area contributed by atoms with E-state index in [9.17, 15) is 9.46 Å². The van der Waals surface area contributed by atoms with Gasteiger partial charge < -0.3 is 19.4 Å². The van der Waals surface area contributed by atoms with E-state index in [1.54, 1.807) is 28.6 Å². The predicted molar refractivity (Wildman–Crippen MR) is 129 cm³/mol. The summed E-state index contributed by atoms with van der Waals surface area (Å²) in [5.41, 5.74) is 1.87. The van der Waals surface area contributed by atoms with Crippen molar-refractivity contribution in [3.63, 3.8) is 0 Å². The van der Waals surface area contributed by atoms with E-state index in [0.29, 0.717) is 18.5 Å². The molecule has 2 aromatic carbocycles. The van der Waals surface area contributed by atoms with Crippen molar-refractivity contribution in [3.05, 3.63) is 48.0 Å². The molecule has 4 rings (SSSR count). The molecule has 0 spiro atoms. The molecule has 0 radical (unpaired) electrons. The maximum Gasteiger partial charge on any atom is 0.324 e. The van der Waals surface area contributed by atoms with Crippen LogP contribution in [0.3, 0.4) is 0 Å². The van der Waals surface area contributed by atoms with Crippen molar-refractivity contribution in [2.24, 2.45) is 0 Å². The molecule has 1 unspecified atom stereocenters. The highest BCUT2D eigenvalue weighted by atomic mass is 32.2. The van der Waals surface area contributed by atoms with Crippen molar-refractivity contribution < 1.29 is 14.2 Å². The lowest BCUT2D eigenvalue weighted by Crippen LogP contribution is -2.44. The van der Waals surface area contributed by atoms with Crippen molar-refractivity contribution >= 4 is 30.3 Å². The Morgan fingerprint density at radius 3 is 2.55 bits per heavy atom. The van der Waals surface area contributed by atoms with Gasteiger partial charge in [-0.25, -0.2) is 0 Å². The highest BCUT2D eigenvalue weighted by molar-refractivity contribution is 7.99. The van der Waals surface area contributed by atoms with Crippen LogP contribution in [0.5, 0.6) is 5.75 Å². The first kappa shape index (κ1) is 22.7. The van der Waals surface area contributed by atoms with Gasteiger partial charge in [-0.3, -0.25) is 9.24 Å². The van der Waals surface area contributed by atoms with Gasteiger partial charge in [0.25, 0.3) is 0 Å². The summed E-state index contributed by atoms with van der Waals surface area (Å²) in [4.78, 5) is 16.9. The lowest BCUT2D eigenvalue weighted by molar-refractivity contribution is 0.145. The molecular weight excluding hydrogens is 429 g/mol. The van der Waals surface area contributed by atoms with Gasteiger partial charge in [-0.1, -0.05) is 17.7 Å². The van der Waals surface area contributed by atoms with E-state index in [1.807, 2.05) is 37.3 Å². The summed E-state index contributed by atoms with van der Waals surface area (Å²) in [5.74, 6) is 1.54. The third-order valence-electron chi connectivity index (χ3n) is 5.95. The molecule has 8 heteroatoms. The van der Waals surface area contributed by atoms with Crippen LogP contribution in [0, 0.1) is 6.92 Å². The Bertz CT molecular complexity index is 932. The highest BCUT2D eigenvalue weighted by Crippen LogP contribution is 2.52. The Labute approximate surface area is 189 Å². The lowest BCUT2D eigenvalue weighted by atomic mass is 10.2. The van der Waals surface area contributed by atoms with Crippen LogP contribution < -0.4 is 14.7 Å². The SMILES string of the molecule is Cc1ccc(P(=O)(O)N2CCSc3ccc(OCCCN4CCN(C)CC4)cc32)cc1. The van der Waals surface area contributed by atoms with Gasteiger partial charge in [0, 0.05) is 56.0 Å². The summed E-state index contributed by atoms with van der Waals surface area (Å²) in [6.45, 7) is 8.69. The summed E-state index contributed by atoms with van der Waals surface area (Å²) in [6.07, 6.45) is 0.973. The number of hydrogen-bond donors (Lipinski definition) is 1. The van der Waals surface area contributed by atoms with E-state index in [1.165, 1.54) is 0 Å². The minimum absolute atomic E-state index is 0.467. The van der Waals surface area contributed by atoms with Crippen LogP contribution in [-0.2, 0) is 4.57 Å². The number of likely N-dealkylation sites (N-methyl/N-ethyl adjacent to an activating group) is 1. The zero-order valence-corrected chi connectivity index (χ0v) is 20.1. The van der Waals surface area contributed by atoms with E-state index in [0.717, 1.165) is 66.8 Å². The fourth-order valence-corrected chi connectivity index (χ4v) is 6.81. The average molecular weight is 462 g/mol. The zero-order chi connectivity index (χ0) is 21.8. The van der Waals surface area contributed by atoms with Crippen molar-refractivity contribution in [1.29, 1.82) is 0 Å². The molecule has 1 atom stereocenters. The first-order valence-electron chi connectivity index (χ1n) is 10.9. The van der Waals surface area contributed by atoms with Gasteiger partial charge in [-0.2, -0.15) is 0 Å². The molecule has 2 heterocycles. The summed E-state index contributed by atoms with van der Waals surface area (Å²) in [7, 11) is -1.52. The number of nitrogens with zero attached hydrogens (tertiary/aromatic N) is 3. The summed E-state index contributed by atoms with van der Waals surface area (Å²) in [6, 6.07) is 13.2. The molecule has 2 aromatic rings. The van der Waals surface area contributed by atoms with Crippen LogP contribution in [0.4, 0.5) is 5.69 Å². The third kappa shape index (κ3) is 5.47. The smallest absolute Gasteiger partial charge is 0.324 e. The molecule has 0 saturated carbocycles. The first-order chi connectivity index (χ1) is 14.9. The quantitative estimate of drug-likeness (QED) is 0.501. The van der Waals surface area contributed by atoms with Crippen LogP contribution in [0.1, 0.15) is 12.0 Å². The van der Waals surface area contributed by atoms with Crippen LogP contribution in [0.2, 0.25) is 0 Å². The maximum absolute atomic E-state index is 13.4. The van der Waals surface area contributed by atoms with Gasteiger partial charge in [-0.05, 0) is 44.7 Å². The lowest BCUT2D eigenvalue weighted by Gasteiger charge is -2.34. The van der Waals surface area contributed by atoms with Gasteiger partial charge in [0.1, 0.15) is 5.75 Å². The Morgan fingerprint density at radius 2 is 1.81 bits per heavy atom. The monoisotopic (exact) mass is 461 g/mol. The molecule has 2 aliphatic heterocycles. The van der Waals surface area contributed by atoms with Crippen molar-refractivity contribution in [2.75, 3.05) is 63.3 Å². The summed E-state index contributed by atoms with van der Waals surface area (Å²) in [5, 5.41) is 0.467. The zero-order valence-electron chi connectivity index (χ0n) is 18.4. The number of aryl methyl sites for hydroxylation is 1. The fourth-order valence-electron chi connectivity index (χ4n) is 3.98. The number of fused-ring (bicyclic) bond motifs is 1. The Morgan fingerprint density at radius 1 is 1.06 bits per heavy atom. The van der Waals surface area contributed by atoms with Gasteiger partial charge in [0.15, 0.2) is 0 Å². The second-order valence-electron chi connectivity index (χ2n) is 8.33. The van der Waals surface area contributed by atoms with Gasteiger partial charge in [0.05, 0.1) is 17.6 Å². The van der Waals surface area contributed by atoms with E-state index in [-0.39, 0.29) is 0 Å². The molecule has 1 saturated heterocycles. The number of thioether (sulfide) groups is 1. The van der Waals surface area contributed by atoms with Crippen LogP contribution in [0.25, 0.3) is 0 Å². The third-order valence-corrected chi connectivity index (χ3v) is 9.03. The number of anilines is 1. The largest absolute Gasteiger partial charge is 0.493 e. The average Bonchev–Trinajstić information content (AvgIpc) is 2.77. The fraction of sp³-hybridized carbons (Fsp3) is 0.478. The molecule has 168 valence electrons. The van der Waals surface area contributed by atoms with Gasteiger partial charge in [0.2, 0.25) is 0 Å². The molecule has 2 aliphatic rings. The van der Waals surface area contributed by atoms with Gasteiger partial charge in [-0.15, -0.1) is 11.8 Å². The summed E-state index contributed by atoms with van der Waals surface area (Å²) >= 11 is 1.72. The maximum atomic E-state index is 13.4. The second-order valence-corrected chi connectivity index (χ2v) is 11.6. The number of piperazine rings is 1. The van der Waals surface area contributed by atoms with Gasteiger partial charge >= 0.3 is 7.52 Å². The van der Waals surface area contributed by atoms with E-state index >= 15 is 0 Å². The molecule has 1 N–H and O–H groups in total. The Kier molecular flexibility index (Phi) is 7.29. The molecule has 1 fully saturated rings. The predicted octanol–water partition coefficient (Wildman–Crippen LogP) is 3.43. The molecule has 0 amide bonds. The molecular formula is C23H32N3O3PS. The molecule has 0 bridgehead atoms. The first-order valence-corrected chi connectivity index (χ1v) is 13.5. The van der Waals surface area contributed by atoms with Crippen molar-refractivity contribution in [3.8, 4) is 5.75 Å². The van der Waals surface area contributed by atoms with E-state index in [2.05, 4.69) is 16.8 Å². The molecule has 6 nitrogen and oxygen atoms in total. The highest BCUT2D eigenvalue weighted by Gasteiger charge is 2.34. The molecule has 0 aromatic heterocycles. The minimum Gasteiger partial charge on any atom is -0.493 e. The number of benzene rings is 2. The number of rotatable bonds is 7. The minimum atomic E-state index is -3.69. The van der Waals surface area contributed by atoms with E-state index < -0.39 is 7.52 Å². The Balaban J connectivity index is 1.41. The standard InChI is InChI=1S/C23H32N3O3PS/c1-19-4-7-21(8-5-19)30(27,28)26-15-17-31-23-9-6-20(18-22(23)26)29-16-3-10-25-13-11-24(2)12-14-25/h4-9,18H,3,10-17H2,1-2H3,(H,27,28). The van der Waals surface area contributed by atoms with Crippen molar-refractivity contribution in [2.45, 2.75) is 18.2 Å². The number of hydrogen-bond acceptors (Lipinski definition) is 5. The summed E-state index contributed by atoms with van der Waals surface area (Å²) < 4.78 is 21.1. The Hall–Kier alpha value is -1.50. The van der Waals surface area contributed by atoms with Crippen LogP contribution >= 0.6 is 19.3 Å². The topological polar surface area (TPSA) is 56.2 Å². The van der Waals surface area contributed by atoms with Crippen LogP contribution in [-0.4, -0.2) is 73.4 Å². The van der Waals surface area contributed by atoms with Crippen molar-refractivity contribution in [1.82, 2.24) is 9.80 Å². The second kappa shape index (κ2) is 9.97. The molecule has 31 heavy (non-hydrogen) atoms. The van der Waals surface area contributed by atoms with Crippen LogP contribution in [0.15, 0.2) is 47.4 Å². The van der Waals surface area contributed by atoms with E-state index in [4.69, 9.17) is 4.74 Å². The normalized spacial score (nSPS) is 19.6.